The van der Waals surface area contributed by atoms with Gasteiger partial charge in [-0.2, -0.15) is 4.37 Å². The minimum atomic E-state index is -1.18. The van der Waals surface area contributed by atoms with Gasteiger partial charge < -0.3 is 20.5 Å². The molecule has 0 aliphatic heterocycles. The second-order valence-corrected chi connectivity index (χ2v) is 8.23. The van der Waals surface area contributed by atoms with Crippen molar-refractivity contribution in [2.24, 2.45) is 0 Å². The fourth-order valence-electron chi connectivity index (χ4n) is 3.81. The minimum Gasteiger partial charge on any atom is -0.478 e. The van der Waals surface area contributed by atoms with Gasteiger partial charge in [0.2, 0.25) is 5.91 Å². The number of amides is 2. The Hall–Kier alpha value is -3.72. The van der Waals surface area contributed by atoms with Crippen LogP contribution in [0.15, 0.2) is 48.5 Å². The van der Waals surface area contributed by atoms with E-state index < -0.39 is 24.0 Å². The molecule has 1 heterocycles. The minimum absolute atomic E-state index is 0.0586. The Morgan fingerprint density at radius 3 is 2.28 bits per heavy atom. The third-order valence-corrected chi connectivity index (χ3v) is 6.24. The predicted octanol–water partition coefficient (Wildman–Crippen LogP) is 4.02. The van der Waals surface area contributed by atoms with Crippen molar-refractivity contribution in [3.8, 4) is 11.1 Å². The van der Waals surface area contributed by atoms with Crippen LogP contribution in [0.2, 0.25) is 0 Å². The summed E-state index contributed by atoms with van der Waals surface area (Å²) < 4.78 is 9.40. The van der Waals surface area contributed by atoms with E-state index >= 15 is 0 Å². The van der Waals surface area contributed by atoms with Gasteiger partial charge in [-0.05, 0) is 47.6 Å². The average molecular weight is 452 g/mol. The smallest absolute Gasteiger partial charge is 0.407 e. The lowest BCUT2D eigenvalue weighted by Gasteiger charge is -2.17. The van der Waals surface area contributed by atoms with Gasteiger partial charge in [0.05, 0.1) is 5.69 Å². The van der Waals surface area contributed by atoms with Crippen LogP contribution >= 0.6 is 11.5 Å². The molecule has 0 spiro atoms. The second kappa shape index (κ2) is 8.80. The van der Waals surface area contributed by atoms with Gasteiger partial charge in [0.1, 0.15) is 23.2 Å². The number of hydrogen-bond acceptors (Lipinski definition) is 6. The summed E-state index contributed by atoms with van der Waals surface area (Å²) in [5, 5.41) is 14.4. The summed E-state index contributed by atoms with van der Waals surface area (Å²) in [5.74, 6) is -1.83. The van der Waals surface area contributed by atoms with Crippen molar-refractivity contribution in [2.45, 2.75) is 25.8 Å². The lowest BCUT2D eigenvalue weighted by molar-refractivity contribution is -0.117. The maximum absolute atomic E-state index is 12.4. The zero-order valence-electron chi connectivity index (χ0n) is 17.4. The van der Waals surface area contributed by atoms with Crippen LogP contribution in [-0.2, 0) is 9.53 Å². The van der Waals surface area contributed by atoms with Gasteiger partial charge in [0.25, 0.3) is 0 Å². The molecule has 0 bridgehead atoms. The number of nitrogens with one attached hydrogen (secondary N) is 2. The summed E-state index contributed by atoms with van der Waals surface area (Å²) in [6.07, 6.45) is -0.728. The first-order valence-electron chi connectivity index (χ1n) is 9.98. The quantitative estimate of drug-likeness (QED) is 0.521. The SMILES string of the molecule is Cc1nsc(NC(=O)[C@H](C)NC(=O)OCC2c3ccccc3-c3ccccc32)c1C(=O)O. The zero-order valence-corrected chi connectivity index (χ0v) is 18.2. The van der Waals surface area contributed by atoms with E-state index in [9.17, 15) is 19.5 Å². The number of nitrogens with zero attached hydrogens (tertiary/aromatic N) is 1. The number of carboxylic acid groups (broad SMARTS) is 1. The van der Waals surface area contributed by atoms with E-state index in [-0.39, 0.29) is 23.1 Å². The Bertz CT molecular complexity index is 1160. The van der Waals surface area contributed by atoms with Crippen molar-refractivity contribution in [2.75, 3.05) is 11.9 Å². The van der Waals surface area contributed by atoms with Gasteiger partial charge in [-0.15, -0.1) is 0 Å². The van der Waals surface area contributed by atoms with Gasteiger partial charge in [-0.1, -0.05) is 48.5 Å². The largest absolute Gasteiger partial charge is 0.478 e. The van der Waals surface area contributed by atoms with Crippen LogP contribution in [0.5, 0.6) is 0 Å². The van der Waals surface area contributed by atoms with Crippen LogP contribution < -0.4 is 10.6 Å². The summed E-state index contributed by atoms with van der Waals surface area (Å²) in [6.45, 7) is 3.17. The number of carbonyl (C=O) groups is 3. The number of aryl methyl sites for hydroxylation is 1. The summed E-state index contributed by atoms with van der Waals surface area (Å²) in [4.78, 5) is 36.1. The van der Waals surface area contributed by atoms with Crippen LogP contribution in [-0.4, -0.2) is 40.1 Å². The second-order valence-electron chi connectivity index (χ2n) is 7.46. The maximum Gasteiger partial charge on any atom is 0.407 e. The average Bonchev–Trinajstić information content (AvgIpc) is 3.29. The molecule has 32 heavy (non-hydrogen) atoms. The molecule has 1 aliphatic carbocycles. The highest BCUT2D eigenvalue weighted by Gasteiger charge is 2.29. The van der Waals surface area contributed by atoms with E-state index in [1.54, 1.807) is 6.92 Å². The Labute approximate surface area is 188 Å². The van der Waals surface area contributed by atoms with Crippen molar-refractivity contribution in [1.29, 1.82) is 0 Å². The number of benzene rings is 2. The number of aromatic nitrogens is 1. The van der Waals surface area contributed by atoms with Gasteiger partial charge >= 0.3 is 12.1 Å². The molecule has 164 valence electrons. The van der Waals surface area contributed by atoms with Crippen molar-refractivity contribution < 1.29 is 24.2 Å². The van der Waals surface area contributed by atoms with E-state index in [0.717, 1.165) is 33.8 Å². The molecule has 2 amide bonds. The van der Waals surface area contributed by atoms with E-state index in [4.69, 9.17) is 4.74 Å². The fraction of sp³-hybridized carbons (Fsp3) is 0.217. The Morgan fingerprint density at radius 2 is 1.69 bits per heavy atom. The van der Waals surface area contributed by atoms with Gasteiger partial charge in [-0.3, -0.25) is 4.79 Å². The lowest BCUT2D eigenvalue weighted by atomic mass is 9.98. The Balaban J connectivity index is 1.37. The maximum atomic E-state index is 12.4. The van der Waals surface area contributed by atoms with Crippen LogP contribution in [0.25, 0.3) is 11.1 Å². The molecule has 0 radical (unpaired) electrons. The first kappa shape index (κ1) is 21.5. The molecule has 8 nitrogen and oxygen atoms in total. The molecule has 0 unspecified atom stereocenters. The summed E-state index contributed by atoms with van der Waals surface area (Å²) in [5.41, 5.74) is 4.69. The molecule has 0 saturated heterocycles. The fourth-order valence-corrected chi connectivity index (χ4v) is 4.60. The Morgan fingerprint density at radius 1 is 1.09 bits per heavy atom. The normalized spacial score (nSPS) is 13.1. The number of alkyl carbamates (subject to hydrolysis) is 1. The lowest BCUT2D eigenvalue weighted by Crippen LogP contribution is -2.42. The topological polar surface area (TPSA) is 118 Å². The van der Waals surface area contributed by atoms with Crippen molar-refractivity contribution in [3.05, 3.63) is 70.9 Å². The number of carboxylic acids is 1. The molecule has 1 aliphatic rings. The standard InChI is InChI=1S/C23H21N3O5S/c1-12-19(22(28)29)21(32-26-12)25-20(27)13(2)24-23(30)31-11-18-16-9-5-3-7-14(16)15-8-4-6-10-17(15)18/h3-10,13,18H,11H2,1-2H3,(H,24,30)(H,25,27)(H,28,29)/t13-/m0/s1. The molecule has 0 saturated carbocycles. The molecular weight excluding hydrogens is 430 g/mol. The first-order chi connectivity index (χ1) is 15.4. The molecule has 3 aromatic rings. The monoisotopic (exact) mass is 451 g/mol. The highest BCUT2D eigenvalue weighted by atomic mass is 32.1. The van der Waals surface area contributed by atoms with Crippen molar-refractivity contribution in [1.82, 2.24) is 9.69 Å². The number of aromatic carboxylic acids is 1. The third kappa shape index (κ3) is 4.06. The van der Waals surface area contributed by atoms with Gasteiger partial charge in [0, 0.05) is 5.92 Å². The molecule has 2 aromatic carbocycles. The van der Waals surface area contributed by atoms with E-state index in [1.165, 1.54) is 6.92 Å². The number of fused-ring (bicyclic) bond motifs is 3. The number of carbonyl (C=O) groups excluding carboxylic acids is 2. The van der Waals surface area contributed by atoms with Gasteiger partial charge in [-0.25, -0.2) is 9.59 Å². The number of anilines is 1. The predicted molar refractivity (Wildman–Crippen MR) is 120 cm³/mol. The molecule has 3 N–H and O–H groups in total. The molecule has 1 aromatic heterocycles. The molecule has 0 fully saturated rings. The molecule has 1 atom stereocenters. The van der Waals surface area contributed by atoms with Crippen LogP contribution in [0.1, 0.15) is 40.0 Å². The molecule has 9 heteroatoms. The Kier molecular flexibility index (Phi) is 5.91. The number of ether oxygens (including phenoxy) is 1. The van der Waals surface area contributed by atoms with Crippen LogP contribution in [0, 0.1) is 6.92 Å². The summed E-state index contributed by atoms with van der Waals surface area (Å²) >= 11 is 0.876. The highest BCUT2D eigenvalue weighted by molar-refractivity contribution is 7.11. The van der Waals surface area contributed by atoms with Crippen molar-refractivity contribution in [3.63, 3.8) is 0 Å². The first-order valence-corrected chi connectivity index (χ1v) is 10.8. The number of rotatable bonds is 6. The van der Waals surface area contributed by atoms with Gasteiger partial charge in [0.15, 0.2) is 0 Å². The highest BCUT2D eigenvalue weighted by Crippen LogP contribution is 2.44. The van der Waals surface area contributed by atoms with Crippen LogP contribution in [0.4, 0.5) is 9.80 Å². The molecule has 4 rings (SSSR count). The zero-order chi connectivity index (χ0) is 22.8. The van der Waals surface area contributed by atoms with E-state index in [2.05, 4.69) is 15.0 Å². The summed E-state index contributed by atoms with van der Waals surface area (Å²) in [6, 6.07) is 15.1. The number of hydrogen-bond donors (Lipinski definition) is 3. The summed E-state index contributed by atoms with van der Waals surface area (Å²) in [7, 11) is 0. The van der Waals surface area contributed by atoms with E-state index in [1.807, 2.05) is 48.5 Å². The van der Waals surface area contributed by atoms with E-state index in [0.29, 0.717) is 5.69 Å². The third-order valence-electron chi connectivity index (χ3n) is 5.38. The van der Waals surface area contributed by atoms with Crippen molar-refractivity contribution >= 4 is 34.5 Å². The van der Waals surface area contributed by atoms with Crippen LogP contribution in [0.3, 0.4) is 0 Å². The molecular formula is C23H21N3O5S.